The minimum Gasteiger partial charge on any atom is -0.376 e. The van der Waals surface area contributed by atoms with Crippen LogP contribution in [-0.2, 0) is 21.2 Å². The van der Waals surface area contributed by atoms with Crippen molar-refractivity contribution in [2.45, 2.75) is 50.2 Å². The van der Waals surface area contributed by atoms with Gasteiger partial charge in [-0.15, -0.1) is 0 Å². The molecule has 9 heteroatoms. The summed E-state index contributed by atoms with van der Waals surface area (Å²) in [5.41, 5.74) is 0.181. The van der Waals surface area contributed by atoms with E-state index in [0.717, 1.165) is 0 Å². The van der Waals surface area contributed by atoms with Crippen molar-refractivity contribution in [3.63, 3.8) is 0 Å². The van der Waals surface area contributed by atoms with Gasteiger partial charge in [0.05, 0.1) is 17.8 Å². The number of carbonyl (C=O) groups is 1. The first-order chi connectivity index (χ1) is 9.84. The number of rotatable bonds is 5. The molecule has 2 heterocycles. The number of primary sulfonamides is 1. The molecule has 2 rings (SSSR count). The summed E-state index contributed by atoms with van der Waals surface area (Å²) >= 11 is 0. The minimum atomic E-state index is -4.02. The summed E-state index contributed by atoms with van der Waals surface area (Å²) in [5.74, 6) is -0.556. The van der Waals surface area contributed by atoms with E-state index in [-0.39, 0.29) is 22.7 Å². The van der Waals surface area contributed by atoms with Crippen molar-refractivity contribution in [3.05, 3.63) is 11.4 Å². The SMILES string of the molecule is CCCc1[nH]nc(C(=O)NC2CCOC2C)c1S(N)(=O)=O. The molecule has 2 atom stereocenters. The maximum absolute atomic E-state index is 12.3. The van der Waals surface area contributed by atoms with Gasteiger partial charge in [0.1, 0.15) is 4.90 Å². The van der Waals surface area contributed by atoms with Gasteiger partial charge in [-0.3, -0.25) is 9.89 Å². The molecule has 1 amide bonds. The predicted octanol–water partition coefficient (Wildman–Crippen LogP) is -0.0832. The van der Waals surface area contributed by atoms with Crippen LogP contribution < -0.4 is 10.5 Å². The number of nitrogens with one attached hydrogen (secondary N) is 2. The molecular formula is C12H20N4O4S. The molecule has 21 heavy (non-hydrogen) atoms. The van der Waals surface area contributed by atoms with Gasteiger partial charge in [-0.2, -0.15) is 5.10 Å². The Labute approximate surface area is 123 Å². The average Bonchev–Trinajstić information content (AvgIpc) is 2.96. The fraction of sp³-hybridized carbons (Fsp3) is 0.667. The largest absolute Gasteiger partial charge is 0.376 e. The highest BCUT2D eigenvalue weighted by Gasteiger charge is 2.31. The standard InChI is InChI=1S/C12H20N4O4S/c1-3-4-9-11(21(13,18)19)10(16-15-9)12(17)14-8-5-6-20-7(8)2/h7-8H,3-6H2,1-2H3,(H,14,17)(H,15,16)(H2,13,18,19). The Balaban J connectivity index is 2.28. The lowest BCUT2D eigenvalue weighted by molar-refractivity contribution is 0.0859. The summed E-state index contributed by atoms with van der Waals surface area (Å²) in [6.45, 7) is 4.31. The first-order valence-corrected chi connectivity index (χ1v) is 8.41. The summed E-state index contributed by atoms with van der Waals surface area (Å²) in [7, 11) is -4.02. The third kappa shape index (κ3) is 3.42. The molecule has 8 nitrogen and oxygen atoms in total. The zero-order chi connectivity index (χ0) is 15.6. The number of carbonyl (C=O) groups excluding carboxylic acids is 1. The van der Waals surface area contributed by atoms with Gasteiger partial charge in [0, 0.05) is 6.61 Å². The quantitative estimate of drug-likeness (QED) is 0.700. The van der Waals surface area contributed by atoms with Crippen molar-refractivity contribution in [1.29, 1.82) is 0 Å². The van der Waals surface area contributed by atoms with Crippen LogP contribution in [0.1, 0.15) is 42.9 Å². The molecule has 0 saturated carbocycles. The zero-order valence-electron chi connectivity index (χ0n) is 12.0. The van der Waals surface area contributed by atoms with E-state index in [1.807, 2.05) is 13.8 Å². The number of nitrogens with zero attached hydrogens (tertiary/aromatic N) is 1. The first kappa shape index (κ1) is 15.9. The van der Waals surface area contributed by atoms with Gasteiger partial charge in [0.15, 0.2) is 5.69 Å². The van der Waals surface area contributed by atoms with Gasteiger partial charge in [0.25, 0.3) is 5.91 Å². The molecule has 1 fully saturated rings. The lowest BCUT2D eigenvalue weighted by Gasteiger charge is -2.15. The van der Waals surface area contributed by atoms with Gasteiger partial charge in [-0.1, -0.05) is 13.3 Å². The van der Waals surface area contributed by atoms with Crippen LogP contribution >= 0.6 is 0 Å². The molecule has 0 bridgehead atoms. The Kier molecular flexibility index (Phi) is 4.64. The summed E-state index contributed by atoms with van der Waals surface area (Å²) in [4.78, 5) is 12.0. The number of nitrogens with two attached hydrogens (primary N) is 1. The lowest BCUT2D eigenvalue weighted by Crippen LogP contribution is -2.40. The Morgan fingerprint density at radius 1 is 1.57 bits per heavy atom. The van der Waals surface area contributed by atoms with E-state index in [2.05, 4.69) is 15.5 Å². The van der Waals surface area contributed by atoms with E-state index in [4.69, 9.17) is 9.88 Å². The Morgan fingerprint density at radius 2 is 2.29 bits per heavy atom. The summed E-state index contributed by atoms with van der Waals surface area (Å²) in [5, 5.41) is 14.4. The van der Waals surface area contributed by atoms with Crippen molar-refractivity contribution >= 4 is 15.9 Å². The van der Waals surface area contributed by atoms with E-state index < -0.39 is 15.9 Å². The van der Waals surface area contributed by atoms with Crippen LogP contribution in [0.3, 0.4) is 0 Å². The van der Waals surface area contributed by atoms with Crippen molar-refractivity contribution in [3.8, 4) is 0 Å². The van der Waals surface area contributed by atoms with Gasteiger partial charge < -0.3 is 10.1 Å². The number of hydrogen-bond acceptors (Lipinski definition) is 5. The highest BCUT2D eigenvalue weighted by molar-refractivity contribution is 7.89. The zero-order valence-corrected chi connectivity index (χ0v) is 12.9. The van der Waals surface area contributed by atoms with E-state index >= 15 is 0 Å². The van der Waals surface area contributed by atoms with Crippen LogP contribution in [0.25, 0.3) is 0 Å². The van der Waals surface area contributed by atoms with Crippen molar-refractivity contribution in [2.75, 3.05) is 6.61 Å². The van der Waals surface area contributed by atoms with Gasteiger partial charge in [0.2, 0.25) is 10.0 Å². The topological polar surface area (TPSA) is 127 Å². The number of aryl methyl sites for hydroxylation is 1. The van der Waals surface area contributed by atoms with Crippen molar-refractivity contribution in [2.24, 2.45) is 5.14 Å². The Hall–Kier alpha value is -1.45. The van der Waals surface area contributed by atoms with Gasteiger partial charge >= 0.3 is 0 Å². The summed E-state index contributed by atoms with van der Waals surface area (Å²) in [6, 6.07) is -0.155. The minimum absolute atomic E-state index is 0.110. The van der Waals surface area contributed by atoms with Crippen molar-refractivity contribution < 1.29 is 17.9 Å². The number of aromatic amines is 1. The molecule has 0 aromatic carbocycles. The summed E-state index contributed by atoms with van der Waals surface area (Å²) < 4.78 is 28.8. The van der Waals surface area contributed by atoms with Crippen LogP contribution in [0.15, 0.2) is 4.90 Å². The molecule has 1 aliphatic heterocycles. The average molecular weight is 316 g/mol. The van der Waals surface area contributed by atoms with Gasteiger partial charge in [-0.05, 0) is 19.8 Å². The fourth-order valence-corrected chi connectivity index (χ4v) is 3.30. The molecular weight excluding hydrogens is 296 g/mol. The smallest absolute Gasteiger partial charge is 0.273 e. The third-order valence-corrected chi connectivity index (χ3v) is 4.49. The highest BCUT2D eigenvalue weighted by Crippen LogP contribution is 2.19. The predicted molar refractivity (Wildman–Crippen MR) is 75.2 cm³/mol. The highest BCUT2D eigenvalue weighted by atomic mass is 32.2. The number of ether oxygens (including phenoxy) is 1. The van der Waals surface area contributed by atoms with E-state index in [0.29, 0.717) is 31.6 Å². The molecule has 118 valence electrons. The number of aromatic nitrogens is 2. The Bertz CT molecular complexity index is 625. The lowest BCUT2D eigenvalue weighted by atomic mass is 10.1. The molecule has 0 spiro atoms. The molecule has 2 unspecified atom stereocenters. The first-order valence-electron chi connectivity index (χ1n) is 6.87. The fourth-order valence-electron chi connectivity index (χ4n) is 2.41. The second-order valence-corrected chi connectivity index (χ2v) is 6.62. The third-order valence-electron chi connectivity index (χ3n) is 3.48. The Morgan fingerprint density at radius 3 is 2.81 bits per heavy atom. The second-order valence-electron chi connectivity index (χ2n) is 5.12. The monoisotopic (exact) mass is 316 g/mol. The molecule has 0 radical (unpaired) electrons. The van der Waals surface area contributed by atoms with Gasteiger partial charge in [-0.25, -0.2) is 13.6 Å². The molecule has 1 aromatic heterocycles. The van der Waals surface area contributed by atoms with Crippen LogP contribution in [0.5, 0.6) is 0 Å². The number of H-pyrrole nitrogens is 1. The van der Waals surface area contributed by atoms with Crippen LogP contribution in [0.2, 0.25) is 0 Å². The van der Waals surface area contributed by atoms with Crippen LogP contribution in [-0.4, -0.2) is 43.3 Å². The van der Waals surface area contributed by atoms with E-state index in [1.54, 1.807) is 0 Å². The van der Waals surface area contributed by atoms with E-state index in [1.165, 1.54) is 0 Å². The number of hydrogen-bond donors (Lipinski definition) is 3. The normalized spacial score (nSPS) is 22.4. The molecule has 1 aliphatic rings. The summed E-state index contributed by atoms with van der Waals surface area (Å²) in [6.07, 6.45) is 1.74. The molecule has 0 aliphatic carbocycles. The second kappa shape index (κ2) is 6.12. The molecule has 1 aromatic rings. The molecule has 4 N–H and O–H groups in total. The van der Waals surface area contributed by atoms with Crippen LogP contribution in [0.4, 0.5) is 0 Å². The maximum Gasteiger partial charge on any atom is 0.273 e. The number of sulfonamides is 1. The van der Waals surface area contributed by atoms with Crippen LogP contribution in [0, 0.1) is 0 Å². The number of amides is 1. The van der Waals surface area contributed by atoms with Crippen molar-refractivity contribution in [1.82, 2.24) is 15.5 Å². The van der Waals surface area contributed by atoms with E-state index in [9.17, 15) is 13.2 Å². The molecule has 1 saturated heterocycles. The maximum atomic E-state index is 12.3.